The van der Waals surface area contributed by atoms with Crippen LogP contribution in [-0.4, -0.2) is 30.1 Å². The van der Waals surface area contributed by atoms with Crippen molar-refractivity contribution in [2.24, 2.45) is 0 Å². The molecule has 1 atom stereocenters. The number of ketones is 1. The first kappa shape index (κ1) is 17.3. The summed E-state index contributed by atoms with van der Waals surface area (Å²) in [7, 11) is 1.57. The average molecular weight is 326 g/mol. The minimum absolute atomic E-state index is 0.168. The standard InChI is InChI=1S/C19H18O5/c1-13(19(21)22)24-16-10-7-14(8-11-16)17(20)12-9-15-5-3-4-6-18(15)23-2/h3-13H,1-2H3,(H,21,22)/b12-9+. The molecular weight excluding hydrogens is 308 g/mol. The van der Waals surface area contributed by atoms with Crippen LogP contribution in [0.15, 0.2) is 54.6 Å². The smallest absolute Gasteiger partial charge is 0.344 e. The molecule has 2 aromatic rings. The van der Waals surface area contributed by atoms with Gasteiger partial charge in [-0.1, -0.05) is 18.2 Å². The van der Waals surface area contributed by atoms with Crippen LogP contribution in [0.4, 0.5) is 0 Å². The number of carbonyl (C=O) groups is 2. The number of para-hydroxylation sites is 1. The van der Waals surface area contributed by atoms with Crippen molar-refractivity contribution in [3.63, 3.8) is 0 Å². The van der Waals surface area contributed by atoms with Crippen molar-refractivity contribution in [2.45, 2.75) is 13.0 Å². The second-order valence-electron chi connectivity index (χ2n) is 5.06. The summed E-state index contributed by atoms with van der Waals surface area (Å²) in [6, 6.07) is 13.7. The summed E-state index contributed by atoms with van der Waals surface area (Å²) in [5.74, 6) is -0.128. The largest absolute Gasteiger partial charge is 0.496 e. The van der Waals surface area contributed by atoms with Gasteiger partial charge >= 0.3 is 5.97 Å². The van der Waals surface area contributed by atoms with Crippen LogP contribution in [0.5, 0.6) is 11.5 Å². The van der Waals surface area contributed by atoms with Crippen LogP contribution in [0.2, 0.25) is 0 Å². The molecule has 0 amide bonds. The molecular formula is C19H18O5. The number of carboxylic acids is 1. The van der Waals surface area contributed by atoms with Gasteiger partial charge in [-0.3, -0.25) is 4.79 Å². The zero-order valence-electron chi connectivity index (χ0n) is 13.4. The Hall–Kier alpha value is -3.08. The number of carbonyl (C=O) groups excluding carboxylic acids is 1. The number of hydrogen-bond acceptors (Lipinski definition) is 4. The van der Waals surface area contributed by atoms with Crippen LogP contribution in [0, 0.1) is 0 Å². The van der Waals surface area contributed by atoms with Gasteiger partial charge in [-0.05, 0) is 49.4 Å². The van der Waals surface area contributed by atoms with Crippen LogP contribution in [0.1, 0.15) is 22.8 Å². The Kier molecular flexibility index (Phi) is 5.73. The van der Waals surface area contributed by atoms with Gasteiger partial charge in [0.05, 0.1) is 7.11 Å². The lowest BCUT2D eigenvalue weighted by Crippen LogP contribution is -2.22. The second-order valence-corrected chi connectivity index (χ2v) is 5.06. The number of ether oxygens (including phenoxy) is 2. The fourth-order valence-electron chi connectivity index (χ4n) is 2.02. The Bertz CT molecular complexity index is 747. The molecule has 0 radical (unpaired) electrons. The van der Waals surface area contributed by atoms with Crippen LogP contribution >= 0.6 is 0 Å². The van der Waals surface area contributed by atoms with E-state index in [1.165, 1.54) is 13.0 Å². The summed E-state index contributed by atoms with van der Waals surface area (Å²) < 4.78 is 10.5. The maximum absolute atomic E-state index is 12.2. The fourth-order valence-corrected chi connectivity index (χ4v) is 2.02. The third-order valence-electron chi connectivity index (χ3n) is 3.35. The Morgan fingerprint density at radius 3 is 2.38 bits per heavy atom. The van der Waals surface area contributed by atoms with Crippen LogP contribution < -0.4 is 9.47 Å². The number of hydrogen-bond donors (Lipinski definition) is 1. The van der Waals surface area contributed by atoms with Gasteiger partial charge in [-0.15, -0.1) is 0 Å². The van der Waals surface area contributed by atoms with Crippen molar-refractivity contribution < 1.29 is 24.2 Å². The number of rotatable bonds is 7. The summed E-state index contributed by atoms with van der Waals surface area (Å²) in [5.41, 5.74) is 1.29. The molecule has 5 nitrogen and oxygen atoms in total. The van der Waals surface area contributed by atoms with E-state index in [0.717, 1.165) is 5.56 Å². The van der Waals surface area contributed by atoms with Gasteiger partial charge in [0.25, 0.3) is 0 Å². The van der Waals surface area contributed by atoms with E-state index in [9.17, 15) is 9.59 Å². The predicted molar refractivity (Wildman–Crippen MR) is 90.5 cm³/mol. The summed E-state index contributed by atoms with van der Waals surface area (Å²) in [6.07, 6.45) is 2.21. The lowest BCUT2D eigenvalue weighted by Gasteiger charge is -2.10. The molecule has 1 N–H and O–H groups in total. The minimum atomic E-state index is -1.05. The van der Waals surface area contributed by atoms with Crippen LogP contribution in [0.25, 0.3) is 6.08 Å². The van der Waals surface area contributed by atoms with E-state index in [2.05, 4.69) is 0 Å². The molecule has 124 valence electrons. The van der Waals surface area contributed by atoms with E-state index in [4.69, 9.17) is 14.6 Å². The molecule has 0 aliphatic heterocycles. The molecule has 0 aliphatic rings. The molecule has 1 unspecified atom stereocenters. The maximum Gasteiger partial charge on any atom is 0.344 e. The monoisotopic (exact) mass is 326 g/mol. The van der Waals surface area contributed by atoms with E-state index in [1.807, 2.05) is 24.3 Å². The van der Waals surface area contributed by atoms with Gasteiger partial charge < -0.3 is 14.6 Å². The number of benzene rings is 2. The van der Waals surface area contributed by atoms with E-state index in [1.54, 1.807) is 37.5 Å². The number of aliphatic carboxylic acids is 1. The summed E-state index contributed by atoms with van der Waals surface area (Å²) in [4.78, 5) is 22.9. The van der Waals surface area contributed by atoms with Crippen molar-refractivity contribution >= 4 is 17.8 Å². The topological polar surface area (TPSA) is 72.8 Å². The summed E-state index contributed by atoms with van der Waals surface area (Å²) in [6.45, 7) is 1.44. The first-order valence-electron chi connectivity index (χ1n) is 7.36. The highest BCUT2D eigenvalue weighted by atomic mass is 16.5. The first-order valence-corrected chi connectivity index (χ1v) is 7.36. The Morgan fingerprint density at radius 1 is 1.08 bits per heavy atom. The molecule has 2 rings (SSSR count). The molecule has 0 aromatic heterocycles. The van der Waals surface area contributed by atoms with E-state index < -0.39 is 12.1 Å². The average Bonchev–Trinajstić information content (AvgIpc) is 2.60. The van der Waals surface area contributed by atoms with Crippen molar-refractivity contribution in [3.05, 3.63) is 65.7 Å². The lowest BCUT2D eigenvalue weighted by atomic mass is 10.1. The van der Waals surface area contributed by atoms with Gasteiger partial charge in [0.2, 0.25) is 0 Å². The van der Waals surface area contributed by atoms with Gasteiger partial charge in [0.1, 0.15) is 11.5 Å². The Morgan fingerprint density at radius 2 is 1.75 bits per heavy atom. The SMILES string of the molecule is COc1ccccc1/C=C/C(=O)c1ccc(OC(C)C(=O)O)cc1. The quantitative estimate of drug-likeness (QED) is 0.623. The van der Waals surface area contributed by atoms with Crippen LogP contribution in [-0.2, 0) is 4.79 Å². The lowest BCUT2D eigenvalue weighted by molar-refractivity contribution is -0.144. The van der Waals surface area contributed by atoms with E-state index in [-0.39, 0.29) is 5.78 Å². The highest BCUT2D eigenvalue weighted by Gasteiger charge is 2.12. The predicted octanol–water partition coefficient (Wildman–Crippen LogP) is 3.44. The van der Waals surface area contributed by atoms with Crippen molar-refractivity contribution in [1.29, 1.82) is 0 Å². The number of methoxy groups -OCH3 is 1. The molecule has 0 saturated heterocycles. The molecule has 0 saturated carbocycles. The molecule has 0 bridgehead atoms. The molecule has 2 aromatic carbocycles. The normalized spacial score (nSPS) is 11.9. The van der Waals surface area contributed by atoms with Gasteiger partial charge in [-0.2, -0.15) is 0 Å². The summed E-state index contributed by atoms with van der Waals surface area (Å²) >= 11 is 0. The molecule has 0 fully saturated rings. The summed E-state index contributed by atoms with van der Waals surface area (Å²) in [5, 5.41) is 8.81. The number of allylic oxidation sites excluding steroid dienone is 1. The fraction of sp³-hybridized carbons (Fsp3) is 0.158. The highest BCUT2D eigenvalue weighted by molar-refractivity contribution is 6.07. The molecule has 0 spiro atoms. The Balaban J connectivity index is 2.07. The van der Waals surface area contributed by atoms with Gasteiger partial charge in [0, 0.05) is 11.1 Å². The van der Waals surface area contributed by atoms with Gasteiger partial charge in [0.15, 0.2) is 11.9 Å². The van der Waals surface area contributed by atoms with Crippen molar-refractivity contribution in [2.75, 3.05) is 7.11 Å². The third-order valence-corrected chi connectivity index (χ3v) is 3.35. The second kappa shape index (κ2) is 7.97. The van der Waals surface area contributed by atoms with E-state index in [0.29, 0.717) is 17.1 Å². The van der Waals surface area contributed by atoms with Crippen molar-refractivity contribution in [1.82, 2.24) is 0 Å². The Labute approximate surface area is 140 Å². The first-order chi connectivity index (χ1) is 11.5. The van der Waals surface area contributed by atoms with Crippen LogP contribution in [0.3, 0.4) is 0 Å². The van der Waals surface area contributed by atoms with Crippen molar-refractivity contribution in [3.8, 4) is 11.5 Å². The highest BCUT2D eigenvalue weighted by Crippen LogP contribution is 2.19. The zero-order valence-corrected chi connectivity index (χ0v) is 13.4. The zero-order chi connectivity index (χ0) is 17.5. The van der Waals surface area contributed by atoms with E-state index >= 15 is 0 Å². The minimum Gasteiger partial charge on any atom is -0.496 e. The molecule has 24 heavy (non-hydrogen) atoms. The third kappa shape index (κ3) is 4.46. The number of carboxylic acid groups (broad SMARTS) is 1. The molecule has 0 aliphatic carbocycles. The molecule has 0 heterocycles. The molecule has 5 heteroatoms. The maximum atomic E-state index is 12.2. The van der Waals surface area contributed by atoms with Gasteiger partial charge in [-0.25, -0.2) is 4.79 Å².